The van der Waals surface area contributed by atoms with Gasteiger partial charge >= 0.3 is 0 Å². The molecule has 1 aromatic carbocycles. The van der Waals surface area contributed by atoms with Crippen molar-refractivity contribution in [2.75, 3.05) is 27.3 Å². The first-order valence-electron chi connectivity index (χ1n) is 9.16. The van der Waals surface area contributed by atoms with Crippen molar-refractivity contribution in [3.8, 4) is 11.5 Å². The van der Waals surface area contributed by atoms with Crippen LogP contribution in [0.5, 0.6) is 11.5 Å². The van der Waals surface area contributed by atoms with E-state index in [0.717, 1.165) is 61.9 Å². The third-order valence-corrected chi connectivity index (χ3v) is 4.92. The Hall–Kier alpha value is -2.34. The highest BCUT2D eigenvalue weighted by Crippen LogP contribution is 2.30. The molecule has 1 atom stereocenters. The van der Waals surface area contributed by atoms with Gasteiger partial charge in [-0.2, -0.15) is 0 Å². The van der Waals surface area contributed by atoms with Gasteiger partial charge in [-0.15, -0.1) is 0 Å². The van der Waals surface area contributed by atoms with Gasteiger partial charge in [-0.1, -0.05) is 13.0 Å². The smallest absolute Gasteiger partial charge is 0.251 e. The number of rotatable bonds is 6. The molecule has 0 aliphatic carbocycles. The Balaban J connectivity index is 1.73. The molecule has 0 unspecified atom stereocenters. The highest BCUT2D eigenvalue weighted by molar-refractivity contribution is 5.42. The molecule has 1 aliphatic rings. The van der Waals surface area contributed by atoms with E-state index >= 15 is 0 Å². The Labute approximate surface area is 154 Å². The summed E-state index contributed by atoms with van der Waals surface area (Å²) in [7, 11) is 3.30. The highest BCUT2D eigenvalue weighted by atomic mass is 16.5. The maximum Gasteiger partial charge on any atom is 0.251 e. The third kappa shape index (κ3) is 4.25. The van der Waals surface area contributed by atoms with Crippen molar-refractivity contribution in [2.24, 2.45) is 0 Å². The number of hydrogen-bond acceptors (Lipinski definition) is 5. The zero-order chi connectivity index (χ0) is 18.5. The number of ether oxygens (including phenoxy) is 2. The molecule has 3 rings (SSSR count). The molecule has 0 radical (unpaired) electrons. The highest BCUT2D eigenvalue weighted by Gasteiger charge is 2.23. The minimum absolute atomic E-state index is 0.0520. The maximum atomic E-state index is 11.9. The first-order valence-corrected chi connectivity index (χ1v) is 9.16. The Bertz CT molecular complexity index is 803. The first-order chi connectivity index (χ1) is 12.6. The Morgan fingerprint density at radius 2 is 2.04 bits per heavy atom. The maximum absolute atomic E-state index is 11.9. The van der Waals surface area contributed by atoms with E-state index in [0.29, 0.717) is 0 Å². The van der Waals surface area contributed by atoms with Crippen molar-refractivity contribution < 1.29 is 9.47 Å². The van der Waals surface area contributed by atoms with Gasteiger partial charge in [0, 0.05) is 30.8 Å². The van der Waals surface area contributed by atoms with E-state index in [1.165, 1.54) is 5.56 Å². The number of benzene rings is 1. The molecule has 0 amide bonds. The quantitative estimate of drug-likeness (QED) is 0.861. The first kappa shape index (κ1) is 18.5. The topological polar surface area (TPSA) is 67.5 Å². The molecule has 0 spiro atoms. The molecular weight excluding hydrogens is 330 g/mol. The summed E-state index contributed by atoms with van der Waals surface area (Å²) in [5.74, 6) is 2.58. The summed E-state index contributed by atoms with van der Waals surface area (Å²) in [6.45, 7) is 4.80. The van der Waals surface area contributed by atoms with E-state index in [9.17, 15) is 4.79 Å². The summed E-state index contributed by atoms with van der Waals surface area (Å²) in [5.41, 5.74) is 2.00. The van der Waals surface area contributed by atoms with Gasteiger partial charge in [0.25, 0.3) is 5.56 Å². The number of nitrogens with one attached hydrogen (secondary N) is 1. The Kier molecular flexibility index (Phi) is 5.93. The van der Waals surface area contributed by atoms with E-state index in [1.54, 1.807) is 20.3 Å². The second kappa shape index (κ2) is 8.36. The van der Waals surface area contributed by atoms with E-state index in [-0.39, 0.29) is 11.5 Å². The van der Waals surface area contributed by atoms with Crippen LogP contribution < -0.4 is 15.0 Å². The standard InChI is InChI=1S/C20H27N3O3/c1-4-16-11-19(24)22-20(21-16)15-6-5-9-23(13-15)12-14-7-8-17(25-2)18(10-14)26-3/h7-8,10-11,15H,4-6,9,12-13H2,1-3H3,(H,21,22,24)/t15-/m1/s1. The van der Waals surface area contributed by atoms with Gasteiger partial charge in [0.2, 0.25) is 0 Å². The van der Waals surface area contributed by atoms with Crippen molar-refractivity contribution >= 4 is 0 Å². The molecule has 1 saturated heterocycles. The van der Waals surface area contributed by atoms with Crippen LogP contribution in [-0.2, 0) is 13.0 Å². The molecular formula is C20H27N3O3. The SMILES string of the molecule is CCc1cc(=O)[nH]c([C@@H]2CCCN(Cc3ccc(OC)c(OC)c3)C2)n1. The van der Waals surface area contributed by atoms with E-state index in [4.69, 9.17) is 9.47 Å². The minimum Gasteiger partial charge on any atom is -0.493 e. The van der Waals surface area contributed by atoms with Gasteiger partial charge in [0.05, 0.1) is 14.2 Å². The molecule has 0 bridgehead atoms. The summed E-state index contributed by atoms with van der Waals surface area (Å²) in [5, 5.41) is 0. The zero-order valence-corrected chi connectivity index (χ0v) is 15.7. The summed E-state index contributed by atoms with van der Waals surface area (Å²) in [4.78, 5) is 21.9. The van der Waals surface area contributed by atoms with Gasteiger partial charge in [-0.25, -0.2) is 4.98 Å². The lowest BCUT2D eigenvalue weighted by atomic mass is 9.96. The van der Waals surface area contributed by atoms with Gasteiger partial charge in [-0.05, 0) is 43.5 Å². The number of aryl methyl sites for hydroxylation is 1. The van der Waals surface area contributed by atoms with Crippen molar-refractivity contribution in [3.63, 3.8) is 0 Å². The molecule has 140 valence electrons. The van der Waals surface area contributed by atoms with Crippen LogP contribution in [0, 0.1) is 0 Å². The lowest BCUT2D eigenvalue weighted by Crippen LogP contribution is -2.35. The second-order valence-corrected chi connectivity index (χ2v) is 6.74. The van der Waals surface area contributed by atoms with Crippen molar-refractivity contribution in [2.45, 2.75) is 38.6 Å². The molecule has 1 aliphatic heterocycles. The molecule has 6 heteroatoms. The average molecular weight is 357 g/mol. The third-order valence-electron chi connectivity index (χ3n) is 4.92. The van der Waals surface area contributed by atoms with Crippen molar-refractivity contribution in [1.29, 1.82) is 0 Å². The lowest BCUT2D eigenvalue weighted by molar-refractivity contribution is 0.196. The normalized spacial score (nSPS) is 17.9. The predicted octanol–water partition coefficient (Wildman–Crippen LogP) is 2.73. The van der Waals surface area contributed by atoms with Crippen LogP contribution >= 0.6 is 0 Å². The average Bonchev–Trinajstić information content (AvgIpc) is 2.67. The van der Waals surface area contributed by atoms with Crippen LogP contribution in [0.1, 0.15) is 42.8 Å². The van der Waals surface area contributed by atoms with Crippen LogP contribution in [0.3, 0.4) is 0 Å². The van der Waals surface area contributed by atoms with Gasteiger partial charge in [0.1, 0.15) is 5.82 Å². The molecule has 2 heterocycles. The van der Waals surface area contributed by atoms with E-state index in [1.807, 2.05) is 19.1 Å². The van der Waals surface area contributed by atoms with Crippen LogP contribution in [-0.4, -0.2) is 42.2 Å². The number of nitrogens with zero attached hydrogens (tertiary/aromatic N) is 2. The van der Waals surface area contributed by atoms with Crippen LogP contribution in [0.25, 0.3) is 0 Å². The minimum atomic E-state index is -0.0520. The largest absolute Gasteiger partial charge is 0.493 e. The zero-order valence-electron chi connectivity index (χ0n) is 15.7. The molecule has 6 nitrogen and oxygen atoms in total. The monoisotopic (exact) mass is 357 g/mol. The number of hydrogen-bond donors (Lipinski definition) is 1. The van der Waals surface area contributed by atoms with E-state index in [2.05, 4.69) is 20.9 Å². The van der Waals surface area contributed by atoms with E-state index < -0.39 is 0 Å². The fraction of sp³-hybridized carbons (Fsp3) is 0.500. The fourth-order valence-corrected chi connectivity index (χ4v) is 3.56. The van der Waals surface area contributed by atoms with Crippen molar-refractivity contribution in [3.05, 3.63) is 51.7 Å². The lowest BCUT2D eigenvalue weighted by Gasteiger charge is -2.32. The number of methoxy groups -OCH3 is 2. The number of aromatic amines is 1. The second-order valence-electron chi connectivity index (χ2n) is 6.74. The number of aromatic nitrogens is 2. The van der Waals surface area contributed by atoms with Gasteiger partial charge < -0.3 is 14.5 Å². The number of likely N-dealkylation sites (tertiary alicyclic amines) is 1. The molecule has 0 saturated carbocycles. The Morgan fingerprint density at radius 1 is 1.23 bits per heavy atom. The molecule has 1 N–H and O–H groups in total. The molecule has 26 heavy (non-hydrogen) atoms. The van der Waals surface area contributed by atoms with Crippen LogP contribution in [0.2, 0.25) is 0 Å². The van der Waals surface area contributed by atoms with Gasteiger partial charge in [0.15, 0.2) is 11.5 Å². The molecule has 1 fully saturated rings. The number of piperidine rings is 1. The predicted molar refractivity (Wildman–Crippen MR) is 101 cm³/mol. The number of H-pyrrole nitrogens is 1. The van der Waals surface area contributed by atoms with Gasteiger partial charge in [-0.3, -0.25) is 9.69 Å². The summed E-state index contributed by atoms with van der Waals surface area (Å²) in [6.07, 6.45) is 2.93. The van der Waals surface area contributed by atoms with Crippen LogP contribution in [0.15, 0.2) is 29.1 Å². The summed E-state index contributed by atoms with van der Waals surface area (Å²) in [6, 6.07) is 7.64. The summed E-state index contributed by atoms with van der Waals surface area (Å²) >= 11 is 0. The molecule has 2 aromatic rings. The van der Waals surface area contributed by atoms with Crippen molar-refractivity contribution in [1.82, 2.24) is 14.9 Å². The fourth-order valence-electron chi connectivity index (χ4n) is 3.56. The Morgan fingerprint density at radius 3 is 2.77 bits per heavy atom. The molecule has 1 aromatic heterocycles. The van der Waals surface area contributed by atoms with Crippen LogP contribution in [0.4, 0.5) is 0 Å². The summed E-state index contributed by atoms with van der Waals surface area (Å²) < 4.78 is 10.7.